The Kier molecular flexibility index (Phi) is 3.64. The molecule has 0 nitrogen and oxygen atoms in total. The molecule has 0 bridgehead atoms. The van der Waals surface area contributed by atoms with Crippen molar-refractivity contribution in [3.63, 3.8) is 0 Å². The van der Waals surface area contributed by atoms with Crippen LogP contribution in [0.1, 0.15) is 5.48 Å². The SMILES string of the molecule is [2H]c1c([2H])c(-c2ccc3ccc4cccc5ccc2c3c45)c([2H])c([2H])c1-c1ccc2c3c(cccc13)-c1ccccc1S2. The first-order valence-electron chi connectivity index (χ1n) is 15.1. The monoisotopic (exact) mass is 514 g/mol. The standard InChI is InChI=1S/C38H22S/c1-2-10-34-30(7-1)32-9-4-8-31-29(21-22-35(39-34)38(31)32)24-13-11-23(12-14-24)28-19-17-27-16-15-25-5-3-6-26-18-20-33(28)37(27)36(25)26/h1-22H/i11D,12D,13D,14D. The summed E-state index contributed by atoms with van der Waals surface area (Å²) >= 11 is 1.73. The molecule has 0 saturated heterocycles. The van der Waals surface area contributed by atoms with Crippen molar-refractivity contribution in [2.75, 3.05) is 0 Å². The Balaban J connectivity index is 1.31. The van der Waals surface area contributed by atoms with E-state index in [-0.39, 0.29) is 24.2 Å². The third-order valence-corrected chi connectivity index (χ3v) is 9.23. The second kappa shape index (κ2) is 7.96. The number of fused-ring (bicyclic) bond motifs is 2. The smallest absolute Gasteiger partial charge is 0.0629 e. The third-order valence-electron chi connectivity index (χ3n) is 8.09. The second-order valence-corrected chi connectivity index (χ2v) is 11.2. The van der Waals surface area contributed by atoms with Gasteiger partial charge in [0.2, 0.25) is 0 Å². The van der Waals surface area contributed by atoms with Crippen LogP contribution >= 0.6 is 11.8 Å². The zero-order chi connectivity index (χ0) is 29.0. The molecule has 0 unspecified atom stereocenters. The summed E-state index contributed by atoms with van der Waals surface area (Å²) in [7, 11) is 0. The van der Waals surface area contributed by atoms with Gasteiger partial charge in [0.15, 0.2) is 0 Å². The van der Waals surface area contributed by atoms with Crippen LogP contribution in [0, 0.1) is 0 Å². The van der Waals surface area contributed by atoms with Crippen LogP contribution in [-0.2, 0) is 0 Å². The van der Waals surface area contributed by atoms with Crippen molar-refractivity contribution < 1.29 is 5.48 Å². The zero-order valence-electron chi connectivity index (χ0n) is 24.8. The Morgan fingerprint density at radius 1 is 0.385 bits per heavy atom. The van der Waals surface area contributed by atoms with Crippen LogP contribution in [0.5, 0.6) is 0 Å². The van der Waals surface area contributed by atoms with Crippen LogP contribution in [0.3, 0.4) is 0 Å². The van der Waals surface area contributed by atoms with Gasteiger partial charge in [0, 0.05) is 15.2 Å². The van der Waals surface area contributed by atoms with E-state index in [1.165, 1.54) is 10.5 Å². The highest BCUT2D eigenvalue weighted by Gasteiger charge is 2.20. The van der Waals surface area contributed by atoms with Gasteiger partial charge in [-0.15, -0.1) is 0 Å². The van der Waals surface area contributed by atoms with Crippen LogP contribution in [0.4, 0.5) is 0 Å². The van der Waals surface area contributed by atoms with E-state index < -0.39 is 0 Å². The van der Waals surface area contributed by atoms with E-state index in [1.807, 2.05) is 36.4 Å². The summed E-state index contributed by atoms with van der Waals surface area (Å²) in [5, 5.41) is 8.61. The minimum Gasteiger partial charge on any atom is -0.0888 e. The van der Waals surface area contributed by atoms with Gasteiger partial charge < -0.3 is 0 Å². The Labute approximate surface area is 236 Å². The normalized spacial score (nSPS) is 13.9. The maximum Gasteiger partial charge on any atom is 0.0629 e. The first-order chi connectivity index (χ1) is 21.0. The Morgan fingerprint density at radius 3 is 1.77 bits per heavy atom. The van der Waals surface area contributed by atoms with E-state index in [2.05, 4.69) is 72.8 Å². The molecular weight excluding hydrogens is 488 g/mol. The molecule has 180 valence electrons. The van der Waals surface area contributed by atoms with Crippen molar-refractivity contribution >= 4 is 54.9 Å². The number of benzene rings is 8. The van der Waals surface area contributed by atoms with Gasteiger partial charge in [-0.2, -0.15) is 0 Å². The highest BCUT2D eigenvalue weighted by atomic mass is 32.2. The maximum atomic E-state index is 9.24. The van der Waals surface area contributed by atoms with Gasteiger partial charge in [-0.05, 0) is 83.2 Å². The van der Waals surface area contributed by atoms with Crippen molar-refractivity contribution in [3.05, 3.63) is 133 Å². The molecule has 0 fully saturated rings. The molecule has 0 radical (unpaired) electrons. The van der Waals surface area contributed by atoms with Crippen LogP contribution < -0.4 is 0 Å². The molecule has 0 saturated carbocycles. The van der Waals surface area contributed by atoms with Gasteiger partial charge in [-0.25, -0.2) is 0 Å². The van der Waals surface area contributed by atoms with Crippen molar-refractivity contribution in [2.24, 2.45) is 0 Å². The summed E-state index contributed by atoms with van der Waals surface area (Å²) in [6.45, 7) is 0. The van der Waals surface area contributed by atoms with E-state index in [0.29, 0.717) is 11.1 Å². The van der Waals surface area contributed by atoms with Gasteiger partial charge in [0.1, 0.15) is 0 Å². The van der Waals surface area contributed by atoms with Gasteiger partial charge in [-0.3, -0.25) is 0 Å². The highest BCUT2D eigenvalue weighted by molar-refractivity contribution is 7.99. The molecule has 0 aliphatic carbocycles. The van der Waals surface area contributed by atoms with Crippen LogP contribution in [-0.4, -0.2) is 0 Å². The first kappa shape index (κ1) is 17.8. The molecule has 1 heteroatoms. The lowest BCUT2D eigenvalue weighted by molar-refractivity contribution is 1.40. The van der Waals surface area contributed by atoms with Crippen molar-refractivity contribution in [1.29, 1.82) is 0 Å². The summed E-state index contributed by atoms with van der Waals surface area (Å²) in [6.07, 6.45) is 0. The summed E-state index contributed by atoms with van der Waals surface area (Å²) in [4.78, 5) is 2.34. The molecule has 1 aliphatic heterocycles. The fourth-order valence-electron chi connectivity index (χ4n) is 6.33. The highest BCUT2D eigenvalue weighted by Crippen LogP contribution is 2.49. The molecular formula is C38H22S. The molecule has 1 heterocycles. The largest absolute Gasteiger partial charge is 0.0888 e. The molecule has 8 aromatic rings. The number of hydrogen-bond donors (Lipinski definition) is 0. The van der Waals surface area contributed by atoms with E-state index in [4.69, 9.17) is 0 Å². The fourth-order valence-corrected chi connectivity index (χ4v) is 7.46. The second-order valence-electron chi connectivity index (χ2n) is 10.2. The van der Waals surface area contributed by atoms with Crippen LogP contribution in [0.15, 0.2) is 143 Å². The minimum absolute atomic E-state index is 0.0220. The third kappa shape index (κ3) is 3.02. The number of hydrogen-bond acceptors (Lipinski definition) is 1. The molecule has 8 aromatic carbocycles. The van der Waals surface area contributed by atoms with Crippen LogP contribution in [0.2, 0.25) is 0 Å². The maximum absolute atomic E-state index is 9.24. The lowest BCUT2D eigenvalue weighted by Crippen LogP contribution is -1.94. The average molecular weight is 515 g/mol. The topological polar surface area (TPSA) is 0 Å². The lowest BCUT2D eigenvalue weighted by atomic mass is 9.89. The van der Waals surface area contributed by atoms with E-state index in [1.54, 1.807) is 11.8 Å². The summed E-state index contributed by atoms with van der Waals surface area (Å²) < 4.78 is 36.9. The Bertz CT molecular complexity index is 2430. The van der Waals surface area contributed by atoms with E-state index in [9.17, 15) is 5.48 Å². The Morgan fingerprint density at radius 2 is 0.974 bits per heavy atom. The predicted octanol–water partition coefficient (Wildman–Crippen LogP) is 11.2. The van der Waals surface area contributed by atoms with E-state index >= 15 is 0 Å². The first-order valence-corrected chi connectivity index (χ1v) is 13.9. The fraction of sp³-hybridized carbons (Fsp3) is 0. The van der Waals surface area contributed by atoms with Crippen LogP contribution in [0.25, 0.3) is 76.5 Å². The molecule has 0 atom stereocenters. The average Bonchev–Trinajstić information content (AvgIpc) is 3.04. The molecule has 1 aliphatic rings. The zero-order valence-corrected chi connectivity index (χ0v) is 21.6. The predicted molar refractivity (Wildman–Crippen MR) is 168 cm³/mol. The van der Waals surface area contributed by atoms with E-state index in [0.717, 1.165) is 64.7 Å². The van der Waals surface area contributed by atoms with Gasteiger partial charge in [-0.1, -0.05) is 133 Å². The van der Waals surface area contributed by atoms with Crippen molar-refractivity contribution in [1.82, 2.24) is 0 Å². The van der Waals surface area contributed by atoms with Gasteiger partial charge >= 0.3 is 0 Å². The minimum atomic E-state index is -0.0220. The van der Waals surface area contributed by atoms with Crippen molar-refractivity contribution in [3.8, 4) is 33.4 Å². The summed E-state index contributed by atoms with van der Waals surface area (Å²) in [5.41, 5.74) is 4.42. The molecule has 0 spiro atoms. The number of rotatable bonds is 2. The molecule has 0 aromatic heterocycles. The summed E-state index contributed by atoms with van der Waals surface area (Å²) in [5.74, 6) is 0. The summed E-state index contributed by atoms with van der Waals surface area (Å²) in [6, 6.07) is 37.1. The molecule has 0 amide bonds. The quantitative estimate of drug-likeness (QED) is 0.207. The van der Waals surface area contributed by atoms with Gasteiger partial charge in [0.05, 0.1) is 5.48 Å². The van der Waals surface area contributed by atoms with Crippen molar-refractivity contribution in [2.45, 2.75) is 9.79 Å². The molecule has 9 rings (SSSR count). The lowest BCUT2D eigenvalue weighted by Gasteiger charge is -2.21. The van der Waals surface area contributed by atoms with Gasteiger partial charge in [0.25, 0.3) is 0 Å². The molecule has 39 heavy (non-hydrogen) atoms. The Hall–Kier alpha value is -4.59. The molecule has 0 N–H and O–H groups in total.